The second-order valence-electron chi connectivity index (χ2n) is 7.24. The molecule has 0 spiro atoms. The number of fused-ring (bicyclic) bond motifs is 1. The molecule has 1 saturated heterocycles. The maximum Gasteiger partial charge on any atom is 0.328 e. The van der Waals surface area contributed by atoms with Gasteiger partial charge in [0.25, 0.3) is 0 Å². The van der Waals surface area contributed by atoms with Crippen molar-refractivity contribution in [2.75, 3.05) is 60.5 Å². The van der Waals surface area contributed by atoms with Crippen molar-refractivity contribution in [1.82, 2.24) is 15.1 Å². The Hall–Kier alpha value is -2.62. The monoisotopic (exact) mass is 421 g/mol. The first-order chi connectivity index (χ1) is 14.3. The van der Waals surface area contributed by atoms with Gasteiger partial charge in [-0.05, 0) is 31.6 Å². The first kappa shape index (κ1) is 23.7. The number of methoxy groups -OCH3 is 2. The van der Waals surface area contributed by atoms with Crippen molar-refractivity contribution in [2.45, 2.75) is 12.5 Å². The van der Waals surface area contributed by atoms with Crippen LogP contribution in [0.1, 0.15) is 17.2 Å². The minimum atomic E-state index is -1.26. The highest BCUT2D eigenvalue weighted by atomic mass is 16.5. The van der Waals surface area contributed by atoms with E-state index < -0.39 is 11.9 Å². The molecule has 9 heteroatoms. The SMILES string of the molecule is COc1ccc2c(c1OC)CCNC2CN1CCN(C)CC1.O=C(O)/C=C/C(=O)O. The molecular formula is C21H31N3O6. The Morgan fingerprint density at radius 3 is 2.27 bits per heavy atom. The van der Waals surface area contributed by atoms with E-state index in [1.54, 1.807) is 14.2 Å². The Morgan fingerprint density at radius 2 is 1.73 bits per heavy atom. The molecule has 3 N–H and O–H groups in total. The van der Waals surface area contributed by atoms with Gasteiger partial charge in [-0.2, -0.15) is 0 Å². The summed E-state index contributed by atoms with van der Waals surface area (Å²) < 4.78 is 11.1. The highest BCUT2D eigenvalue weighted by Gasteiger charge is 2.27. The number of nitrogens with zero attached hydrogens (tertiary/aromatic N) is 2. The number of likely N-dealkylation sites (N-methyl/N-ethyl adjacent to an activating group) is 1. The molecule has 2 heterocycles. The lowest BCUT2D eigenvalue weighted by Crippen LogP contribution is -2.48. The lowest BCUT2D eigenvalue weighted by molar-refractivity contribution is -0.134. The normalized spacial score (nSPS) is 19.5. The van der Waals surface area contributed by atoms with E-state index in [1.165, 1.54) is 11.1 Å². The molecule has 0 aliphatic carbocycles. The van der Waals surface area contributed by atoms with Gasteiger partial charge in [0.2, 0.25) is 0 Å². The summed E-state index contributed by atoms with van der Waals surface area (Å²) in [5, 5.41) is 19.3. The zero-order valence-corrected chi connectivity index (χ0v) is 17.8. The smallest absolute Gasteiger partial charge is 0.328 e. The second kappa shape index (κ2) is 11.5. The van der Waals surface area contributed by atoms with Gasteiger partial charge in [-0.1, -0.05) is 6.07 Å². The number of nitrogens with one attached hydrogen (secondary N) is 1. The summed E-state index contributed by atoms with van der Waals surface area (Å²) in [5.74, 6) is -0.772. The molecule has 166 valence electrons. The first-order valence-corrected chi connectivity index (χ1v) is 9.87. The van der Waals surface area contributed by atoms with Crippen molar-refractivity contribution in [3.05, 3.63) is 35.4 Å². The Bertz CT molecular complexity index is 743. The largest absolute Gasteiger partial charge is 0.493 e. The van der Waals surface area contributed by atoms with Crippen LogP contribution in [0.25, 0.3) is 0 Å². The summed E-state index contributed by atoms with van der Waals surface area (Å²) in [6.07, 6.45) is 2.11. The van der Waals surface area contributed by atoms with Gasteiger partial charge in [-0.25, -0.2) is 9.59 Å². The Kier molecular flexibility index (Phi) is 9.10. The van der Waals surface area contributed by atoms with Crippen LogP contribution in [-0.2, 0) is 16.0 Å². The highest BCUT2D eigenvalue weighted by molar-refractivity contribution is 5.89. The first-order valence-electron chi connectivity index (χ1n) is 9.87. The Balaban J connectivity index is 0.000000343. The van der Waals surface area contributed by atoms with Crippen molar-refractivity contribution in [2.24, 2.45) is 0 Å². The highest BCUT2D eigenvalue weighted by Crippen LogP contribution is 2.38. The molecule has 1 fully saturated rings. The summed E-state index contributed by atoms with van der Waals surface area (Å²) in [4.78, 5) is 24.1. The zero-order valence-electron chi connectivity index (χ0n) is 17.8. The third-order valence-electron chi connectivity index (χ3n) is 5.23. The van der Waals surface area contributed by atoms with E-state index in [1.807, 2.05) is 6.07 Å². The summed E-state index contributed by atoms with van der Waals surface area (Å²) in [7, 11) is 5.63. The molecule has 1 aromatic rings. The predicted octanol–water partition coefficient (Wildman–Crippen LogP) is 0.850. The average Bonchev–Trinajstić information content (AvgIpc) is 2.73. The number of ether oxygens (including phenoxy) is 2. The average molecular weight is 421 g/mol. The molecule has 0 bridgehead atoms. The number of carbonyl (C=O) groups is 2. The van der Waals surface area contributed by atoms with Crippen molar-refractivity contribution in [3.63, 3.8) is 0 Å². The molecule has 2 aliphatic heterocycles. The van der Waals surface area contributed by atoms with Crippen LogP contribution < -0.4 is 14.8 Å². The standard InChI is InChI=1S/C17H27N3O2.C4H4O4/c1-19-8-10-20(11-9-19)12-15-13-4-5-16(21-2)17(22-3)14(13)6-7-18-15;5-3(6)1-2-4(7)8/h4-5,15,18H,6-12H2,1-3H3;1-2H,(H,5,6)(H,7,8)/b;2-1+. The van der Waals surface area contributed by atoms with Crippen molar-refractivity contribution < 1.29 is 29.3 Å². The van der Waals surface area contributed by atoms with Crippen LogP contribution in [0.4, 0.5) is 0 Å². The third kappa shape index (κ3) is 6.72. The van der Waals surface area contributed by atoms with Gasteiger partial charge in [0.1, 0.15) is 0 Å². The van der Waals surface area contributed by atoms with Gasteiger partial charge >= 0.3 is 11.9 Å². The van der Waals surface area contributed by atoms with Crippen LogP contribution in [0, 0.1) is 0 Å². The fraction of sp³-hybridized carbons (Fsp3) is 0.524. The summed E-state index contributed by atoms with van der Waals surface area (Å²) in [6, 6.07) is 4.61. The van der Waals surface area contributed by atoms with Gasteiger partial charge in [0.05, 0.1) is 14.2 Å². The van der Waals surface area contributed by atoms with E-state index in [2.05, 4.69) is 28.2 Å². The summed E-state index contributed by atoms with van der Waals surface area (Å²) in [6.45, 7) is 6.68. The van der Waals surface area contributed by atoms with Gasteiger partial charge in [-0.15, -0.1) is 0 Å². The fourth-order valence-electron chi connectivity index (χ4n) is 3.67. The van der Waals surface area contributed by atoms with E-state index in [0.717, 1.165) is 57.2 Å². The number of carboxylic acid groups (broad SMARTS) is 2. The molecule has 3 rings (SSSR count). The van der Waals surface area contributed by atoms with Crippen LogP contribution in [0.2, 0.25) is 0 Å². The molecule has 0 saturated carbocycles. The third-order valence-corrected chi connectivity index (χ3v) is 5.23. The number of rotatable bonds is 6. The molecule has 0 aromatic heterocycles. The van der Waals surface area contributed by atoms with Crippen molar-refractivity contribution in [1.29, 1.82) is 0 Å². The lowest BCUT2D eigenvalue weighted by atomic mass is 9.92. The fourth-order valence-corrected chi connectivity index (χ4v) is 3.67. The predicted molar refractivity (Wildman–Crippen MR) is 112 cm³/mol. The van der Waals surface area contributed by atoms with Crippen molar-refractivity contribution >= 4 is 11.9 Å². The van der Waals surface area contributed by atoms with Crippen LogP contribution >= 0.6 is 0 Å². The lowest BCUT2D eigenvalue weighted by Gasteiger charge is -2.37. The number of benzene rings is 1. The number of piperazine rings is 1. The van der Waals surface area contributed by atoms with Crippen LogP contribution in [0.15, 0.2) is 24.3 Å². The number of hydrogen-bond donors (Lipinski definition) is 3. The van der Waals surface area contributed by atoms with Crippen LogP contribution in [0.3, 0.4) is 0 Å². The molecule has 30 heavy (non-hydrogen) atoms. The number of carboxylic acids is 2. The van der Waals surface area contributed by atoms with Crippen LogP contribution in [0.5, 0.6) is 11.5 Å². The van der Waals surface area contributed by atoms with E-state index in [0.29, 0.717) is 18.2 Å². The molecule has 2 aliphatic rings. The van der Waals surface area contributed by atoms with E-state index in [9.17, 15) is 9.59 Å². The molecule has 9 nitrogen and oxygen atoms in total. The van der Waals surface area contributed by atoms with Gasteiger partial charge in [-0.3, -0.25) is 4.90 Å². The minimum absolute atomic E-state index is 0.381. The van der Waals surface area contributed by atoms with Crippen LogP contribution in [-0.4, -0.2) is 92.5 Å². The molecule has 0 amide bonds. The van der Waals surface area contributed by atoms with Gasteiger partial charge in [0.15, 0.2) is 11.5 Å². The molecule has 1 atom stereocenters. The Morgan fingerprint density at radius 1 is 1.10 bits per heavy atom. The van der Waals surface area contributed by atoms with Gasteiger partial charge in [0, 0.05) is 56.5 Å². The number of aliphatic carboxylic acids is 2. The van der Waals surface area contributed by atoms with E-state index in [-0.39, 0.29) is 0 Å². The summed E-state index contributed by atoms with van der Waals surface area (Å²) in [5.41, 5.74) is 2.67. The van der Waals surface area contributed by atoms with E-state index in [4.69, 9.17) is 19.7 Å². The molecule has 1 unspecified atom stereocenters. The van der Waals surface area contributed by atoms with E-state index >= 15 is 0 Å². The van der Waals surface area contributed by atoms with Gasteiger partial charge < -0.3 is 29.9 Å². The number of hydrogen-bond acceptors (Lipinski definition) is 7. The summed E-state index contributed by atoms with van der Waals surface area (Å²) >= 11 is 0. The topological polar surface area (TPSA) is 112 Å². The molecule has 0 radical (unpaired) electrons. The quantitative estimate of drug-likeness (QED) is 0.576. The molecular weight excluding hydrogens is 390 g/mol. The maximum atomic E-state index is 9.55. The van der Waals surface area contributed by atoms with Crippen molar-refractivity contribution in [3.8, 4) is 11.5 Å². The minimum Gasteiger partial charge on any atom is -0.493 e. The zero-order chi connectivity index (χ0) is 22.1. The second-order valence-corrected chi connectivity index (χ2v) is 7.24. The molecule has 1 aromatic carbocycles. The Labute approximate surface area is 176 Å². The maximum absolute atomic E-state index is 9.55.